The number of anilines is 1. The maximum Gasteiger partial charge on any atom is 0.254 e. The minimum atomic E-state index is -0.340. The van der Waals surface area contributed by atoms with Crippen LogP contribution in [0, 0.1) is 6.92 Å². The molecule has 26 heavy (non-hydrogen) atoms. The van der Waals surface area contributed by atoms with E-state index in [2.05, 4.69) is 24.0 Å². The largest absolute Gasteiger partial charge is 0.360 e. The number of nitrogens with zero attached hydrogens (tertiary/aromatic N) is 2. The zero-order valence-electron chi connectivity index (χ0n) is 15.3. The van der Waals surface area contributed by atoms with E-state index in [4.69, 9.17) is 4.52 Å². The summed E-state index contributed by atoms with van der Waals surface area (Å²) in [5, 5.41) is 6.33. The van der Waals surface area contributed by atoms with Crippen molar-refractivity contribution >= 4 is 17.6 Å². The molecule has 1 N–H and O–H groups in total. The Morgan fingerprint density at radius 1 is 1.31 bits per heavy atom. The van der Waals surface area contributed by atoms with E-state index < -0.39 is 0 Å². The number of unbranched alkanes of at least 4 members (excludes halogenated alkanes) is 1. The summed E-state index contributed by atoms with van der Waals surface area (Å²) in [4.78, 5) is 26.4. The number of benzene rings is 1. The number of hydrogen-bond acceptors (Lipinski definition) is 4. The van der Waals surface area contributed by atoms with Crippen LogP contribution in [0.3, 0.4) is 0 Å². The number of nitrogens with one attached hydrogen (secondary N) is 1. The van der Waals surface area contributed by atoms with Gasteiger partial charge in [-0.1, -0.05) is 36.7 Å². The molecule has 0 bridgehead atoms. The number of hydrogen-bond donors (Lipinski definition) is 1. The van der Waals surface area contributed by atoms with E-state index >= 15 is 0 Å². The van der Waals surface area contributed by atoms with Crippen LogP contribution >= 0.6 is 0 Å². The second kappa shape index (κ2) is 9.56. The first-order valence-electron chi connectivity index (χ1n) is 8.75. The van der Waals surface area contributed by atoms with E-state index in [1.807, 2.05) is 24.3 Å². The Morgan fingerprint density at radius 3 is 2.62 bits per heavy atom. The molecule has 138 valence electrons. The smallest absolute Gasteiger partial charge is 0.254 e. The third-order valence-corrected chi connectivity index (χ3v) is 3.89. The van der Waals surface area contributed by atoms with Crippen molar-refractivity contribution in [1.29, 1.82) is 0 Å². The van der Waals surface area contributed by atoms with Gasteiger partial charge in [0.15, 0.2) is 5.82 Å². The molecule has 1 aromatic carbocycles. The molecule has 0 atom stereocenters. The van der Waals surface area contributed by atoms with Crippen molar-refractivity contribution in [2.75, 3.05) is 18.4 Å². The Hall–Kier alpha value is -2.89. The normalized spacial score (nSPS) is 10.4. The molecule has 1 heterocycles. The Kier molecular flexibility index (Phi) is 7.14. The van der Waals surface area contributed by atoms with Gasteiger partial charge >= 0.3 is 0 Å². The van der Waals surface area contributed by atoms with Crippen molar-refractivity contribution in [3.05, 3.63) is 59.9 Å². The van der Waals surface area contributed by atoms with E-state index in [0.717, 1.165) is 19.3 Å². The lowest BCUT2D eigenvalue weighted by molar-refractivity contribution is -0.116. The van der Waals surface area contributed by atoms with Gasteiger partial charge in [0.2, 0.25) is 5.91 Å². The molecule has 0 fully saturated rings. The van der Waals surface area contributed by atoms with E-state index in [-0.39, 0.29) is 24.9 Å². The van der Waals surface area contributed by atoms with Gasteiger partial charge < -0.3 is 14.7 Å². The summed E-state index contributed by atoms with van der Waals surface area (Å²) >= 11 is 0. The van der Waals surface area contributed by atoms with Crippen LogP contribution in [0.15, 0.2) is 47.5 Å². The van der Waals surface area contributed by atoms with Crippen LogP contribution in [0.1, 0.15) is 41.4 Å². The van der Waals surface area contributed by atoms with Crippen molar-refractivity contribution in [3.8, 4) is 0 Å². The Morgan fingerprint density at radius 2 is 2.04 bits per heavy atom. The number of amides is 2. The van der Waals surface area contributed by atoms with Crippen LogP contribution < -0.4 is 5.32 Å². The number of carbonyl (C=O) groups excluding carboxylic acids is 2. The Bertz CT molecular complexity index is 750. The SMILES string of the molecule is C=CCN(CC(=O)Nc1cc(C)on1)C(=O)c1ccc(CCCC)cc1. The highest BCUT2D eigenvalue weighted by atomic mass is 16.5. The highest BCUT2D eigenvalue weighted by Crippen LogP contribution is 2.11. The van der Waals surface area contributed by atoms with Crippen LogP contribution in [0.25, 0.3) is 0 Å². The first-order chi connectivity index (χ1) is 12.5. The van der Waals surface area contributed by atoms with Crippen molar-refractivity contribution in [2.24, 2.45) is 0 Å². The maximum absolute atomic E-state index is 12.7. The Labute approximate surface area is 153 Å². The molecule has 1 aromatic heterocycles. The van der Waals surface area contributed by atoms with Crippen molar-refractivity contribution in [1.82, 2.24) is 10.1 Å². The summed E-state index contributed by atoms with van der Waals surface area (Å²) in [6, 6.07) is 9.16. The number of rotatable bonds is 9. The molecule has 2 rings (SSSR count). The minimum absolute atomic E-state index is 0.0889. The number of aryl methyl sites for hydroxylation is 2. The minimum Gasteiger partial charge on any atom is -0.360 e. The molecule has 0 aliphatic carbocycles. The van der Waals surface area contributed by atoms with Crippen molar-refractivity contribution < 1.29 is 14.1 Å². The molecule has 2 amide bonds. The molecule has 6 heteroatoms. The maximum atomic E-state index is 12.7. The summed E-state index contributed by atoms with van der Waals surface area (Å²) in [6.07, 6.45) is 4.85. The summed E-state index contributed by atoms with van der Waals surface area (Å²) in [7, 11) is 0. The molecule has 0 spiro atoms. The molecule has 6 nitrogen and oxygen atoms in total. The molecule has 0 radical (unpaired) electrons. The molecular formula is C20H25N3O3. The second-order valence-corrected chi connectivity index (χ2v) is 6.15. The van der Waals surface area contributed by atoms with E-state index in [0.29, 0.717) is 17.1 Å². The van der Waals surface area contributed by atoms with Crippen LogP contribution in [-0.4, -0.2) is 35.0 Å². The number of aromatic nitrogens is 1. The predicted octanol–water partition coefficient (Wildman–Crippen LogP) is 3.59. The van der Waals surface area contributed by atoms with E-state index in [1.54, 1.807) is 19.1 Å². The molecule has 0 aliphatic rings. The van der Waals surface area contributed by atoms with Gasteiger partial charge in [0.1, 0.15) is 12.3 Å². The lowest BCUT2D eigenvalue weighted by atomic mass is 10.1. The van der Waals surface area contributed by atoms with E-state index in [1.165, 1.54) is 10.5 Å². The average Bonchev–Trinajstić information content (AvgIpc) is 3.04. The zero-order chi connectivity index (χ0) is 18.9. The highest BCUT2D eigenvalue weighted by molar-refractivity contribution is 5.99. The molecule has 0 saturated heterocycles. The van der Waals surface area contributed by atoms with Crippen LogP contribution in [0.2, 0.25) is 0 Å². The topological polar surface area (TPSA) is 75.4 Å². The molecule has 0 unspecified atom stereocenters. The van der Waals surface area contributed by atoms with Gasteiger partial charge in [-0.3, -0.25) is 9.59 Å². The molecular weight excluding hydrogens is 330 g/mol. The molecule has 0 aliphatic heterocycles. The van der Waals surface area contributed by atoms with Gasteiger partial charge in [0.25, 0.3) is 5.91 Å². The Balaban J connectivity index is 2.01. The third-order valence-electron chi connectivity index (χ3n) is 3.89. The summed E-state index contributed by atoms with van der Waals surface area (Å²) in [5.74, 6) is 0.382. The predicted molar refractivity (Wildman–Crippen MR) is 101 cm³/mol. The third kappa shape index (κ3) is 5.58. The summed E-state index contributed by atoms with van der Waals surface area (Å²) in [6.45, 7) is 7.74. The van der Waals surface area contributed by atoms with Gasteiger partial charge in [0, 0.05) is 18.2 Å². The van der Waals surface area contributed by atoms with Gasteiger partial charge in [-0.25, -0.2) is 0 Å². The zero-order valence-corrected chi connectivity index (χ0v) is 15.3. The van der Waals surface area contributed by atoms with Crippen LogP contribution in [-0.2, 0) is 11.2 Å². The van der Waals surface area contributed by atoms with Crippen molar-refractivity contribution in [3.63, 3.8) is 0 Å². The fourth-order valence-corrected chi connectivity index (χ4v) is 2.53. The van der Waals surface area contributed by atoms with Crippen LogP contribution in [0.4, 0.5) is 5.82 Å². The average molecular weight is 355 g/mol. The van der Waals surface area contributed by atoms with Gasteiger partial charge in [0.05, 0.1) is 0 Å². The monoisotopic (exact) mass is 355 g/mol. The fourth-order valence-electron chi connectivity index (χ4n) is 2.53. The van der Waals surface area contributed by atoms with Gasteiger partial charge in [-0.2, -0.15) is 0 Å². The highest BCUT2D eigenvalue weighted by Gasteiger charge is 2.18. The van der Waals surface area contributed by atoms with Gasteiger partial charge in [-0.15, -0.1) is 6.58 Å². The summed E-state index contributed by atoms with van der Waals surface area (Å²) < 4.78 is 4.91. The fraction of sp³-hybridized carbons (Fsp3) is 0.350. The first kappa shape index (κ1) is 19.4. The van der Waals surface area contributed by atoms with Crippen LogP contribution in [0.5, 0.6) is 0 Å². The second-order valence-electron chi connectivity index (χ2n) is 6.15. The quantitative estimate of drug-likeness (QED) is 0.698. The lowest BCUT2D eigenvalue weighted by Crippen LogP contribution is -2.38. The molecule has 2 aromatic rings. The van der Waals surface area contributed by atoms with E-state index in [9.17, 15) is 9.59 Å². The molecule has 0 saturated carbocycles. The summed E-state index contributed by atoms with van der Waals surface area (Å²) in [5.41, 5.74) is 1.76. The van der Waals surface area contributed by atoms with Gasteiger partial charge in [-0.05, 0) is 37.5 Å². The first-order valence-corrected chi connectivity index (χ1v) is 8.75. The number of carbonyl (C=O) groups is 2. The van der Waals surface area contributed by atoms with Crippen molar-refractivity contribution in [2.45, 2.75) is 33.1 Å². The standard InChI is InChI=1S/C20H25N3O3/c1-4-6-7-16-8-10-17(11-9-16)20(25)23(12-5-2)14-19(24)21-18-13-15(3)26-22-18/h5,8-11,13H,2,4,6-7,12,14H2,1,3H3,(H,21,22,24). The lowest BCUT2D eigenvalue weighted by Gasteiger charge is -2.20.